The van der Waals surface area contributed by atoms with Crippen molar-refractivity contribution in [1.82, 2.24) is 28.9 Å². The van der Waals surface area contributed by atoms with Gasteiger partial charge in [-0.15, -0.1) is 0 Å². The fourth-order valence-electron chi connectivity index (χ4n) is 5.31. The highest BCUT2D eigenvalue weighted by Gasteiger charge is 2.41. The zero-order chi connectivity index (χ0) is 27.0. The van der Waals surface area contributed by atoms with Crippen molar-refractivity contribution in [2.24, 2.45) is 23.7 Å². The Bertz CT molecular complexity index is 1620. The molecule has 3 N–H and O–H groups in total. The van der Waals surface area contributed by atoms with Crippen LogP contribution in [0.5, 0.6) is 0 Å². The van der Waals surface area contributed by atoms with Crippen molar-refractivity contribution in [3.05, 3.63) is 54.4 Å². The van der Waals surface area contributed by atoms with Gasteiger partial charge >= 0.3 is 0 Å². The molecule has 1 atom stereocenters. The van der Waals surface area contributed by atoms with Gasteiger partial charge in [-0.1, -0.05) is 31.1 Å². The molecule has 12 heteroatoms. The maximum absolute atomic E-state index is 12.5. The largest absolute Gasteiger partial charge is 0.328 e. The molecule has 0 radical (unpaired) electrons. The zero-order valence-electron chi connectivity index (χ0n) is 21.8. The third kappa shape index (κ3) is 5.24. The summed E-state index contributed by atoms with van der Waals surface area (Å²) in [5.74, 6) is 8.41. The topological polar surface area (TPSA) is 146 Å². The highest BCUT2D eigenvalue weighted by molar-refractivity contribution is 7.90. The average molecular weight is 546 g/mol. The van der Waals surface area contributed by atoms with E-state index in [1.165, 1.54) is 18.8 Å². The van der Waals surface area contributed by atoms with Gasteiger partial charge in [-0.25, -0.2) is 23.4 Å². The van der Waals surface area contributed by atoms with Crippen LogP contribution in [-0.2, 0) is 17.1 Å². The van der Waals surface area contributed by atoms with Gasteiger partial charge in [0.1, 0.15) is 11.7 Å². The van der Waals surface area contributed by atoms with Crippen LogP contribution in [0.25, 0.3) is 11.4 Å². The molecule has 0 aromatic carbocycles. The van der Waals surface area contributed by atoms with Gasteiger partial charge in [-0.05, 0) is 37.7 Å². The molecule has 2 aliphatic carbocycles. The third-order valence-corrected chi connectivity index (χ3v) is 9.68. The Balaban J connectivity index is 1.25. The highest BCUT2D eigenvalue weighted by Crippen LogP contribution is 2.39. The Hall–Kier alpha value is -3.82. The number of nitrogens with zero attached hydrogens (tertiary/aromatic N) is 7. The summed E-state index contributed by atoms with van der Waals surface area (Å²) in [5, 5.41) is 11.2. The van der Waals surface area contributed by atoms with E-state index in [9.17, 15) is 8.42 Å². The molecule has 11 nitrogen and oxygen atoms in total. The number of aromatic nitrogens is 6. The second kappa shape index (κ2) is 10.1. The predicted octanol–water partition coefficient (Wildman–Crippen LogP) is 2.84. The Morgan fingerprint density at radius 1 is 1.08 bits per heavy atom. The molecule has 3 aromatic heterocycles. The highest BCUT2D eigenvalue weighted by atomic mass is 32.2. The Labute approximate surface area is 227 Å². The van der Waals surface area contributed by atoms with Crippen LogP contribution in [0.1, 0.15) is 56.9 Å². The van der Waals surface area contributed by atoms with Crippen molar-refractivity contribution in [3.8, 4) is 23.2 Å². The van der Waals surface area contributed by atoms with Crippen LogP contribution >= 0.6 is 0 Å². The maximum atomic E-state index is 12.5. The van der Waals surface area contributed by atoms with E-state index < -0.39 is 15.6 Å². The molecular weight excluding hydrogens is 514 g/mol. The summed E-state index contributed by atoms with van der Waals surface area (Å²) >= 11 is 0. The van der Waals surface area contributed by atoms with Crippen LogP contribution in [0.2, 0.25) is 0 Å². The fourth-order valence-corrected chi connectivity index (χ4v) is 6.78. The maximum Gasteiger partial charge on any atom is 0.256 e. The van der Waals surface area contributed by atoms with Crippen LogP contribution in [0.4, 0.5) is 5.82 Å². The predicted molar refractivity (Wildman–Crippen MR) is 148 cm³/mol. The number of nitrogens with one attached hydrogen (secondary N) is 1. The van der Waals surface area contributed by atoms with Crippen molar-refractivity contribution in [1.29, 1.82) is 0 Å². The van der Waals surface area contributed by atoms with Gasteiger partial charge in [0.2, 0.25) is 0 Å². The third-order valence-electron chi connectivity index (χ3n) is 7.64. The smallest absolute Gasteiger partial charge is 0.256 e. The second-order valence-corrected chi connectivity index (χ2v) is 12.6. The number of aryl methyl sites for hydroxylation is 1. The molecular formula is C27H31N9O2S. The minimum absolute atomic E-state index is 0.299. The standard InChI is InChI=1S/C27H31N9O2S/c1-35-17-19(14-31-35)7-8-22-16-30-25(13-27(22,28)21-5-3-2-4-6-21)33-24-11-12-29-26(34-24)20-15-32-36(18-20)39(37,38)23-9-10-23/h11-12,14-18,21,23H,2-6,9-10,13,28H2,1H3,(H,29,30,33,34). The molecule has 0 amide bonds. The van der Waals surface area contributed by atoms with E-state index in [-0.39, 0.29) is 5.25 Å². The number of anilines is 1. The number of rotatable bonds is 5. The van der Waals surface area contributed by atoms with E-state index >= 15 is 0 Å². The van der Waals surface area contributed by atoms with Crippen LogP contribution in [-0.4, -0.2) is 54.0 Å². The van der Waals surface area contributed by atoms with Gasteiger partial charge < -0.3 is 11.1 Å². The van der Waals surface area contributed by atoms with Gasteiger partial charge in [-0.3, -0.25) is 4.68 Å². The number of hydrogen-bond donors (Lipinski definition) is 2. The van der Waals surface area contributed by atoms with Gasteiger partial charge in [0.25, 0.3) is 10.0 Å². The summed E-state index contributed by atoms with van der Waals surface area (Å²) in [6, 6.07) is 1.75. The molecule has 0 bridgehead atoms. The Morgan fingerprint density at radius 3 is 2.64 bits per heavy atom. The normalized spacial score (nSPS) is 22.0. The van der Waals surface area contributed by atoms with E-state index in [4.69, 9.17) is 5.73 Å². The van der Waals surface area contributed by atoms with Crippen molar-refractivity contribution < 1.29 is 8.42 Å². The first-order valence-electron chi connectivity index (χ1n) is 13.3. The summed E-state index contributed by atoms with van der Waals surface area (Å²) in [6.07, 6.45) is 17.5. The molecule has 39 heavy (non-hydrogen) atoms. The van der Waals surface area contributed by atoms with Crippen LogP contribution in [0.15, 0.2) is 53.8 Å². The lowest BCUT2D eigenvalue weighted by Gasteiger charge is -2.41. The quantitative estimate of drug-likeness (QED) is 0.466. The molecule has 3 aliphatic rings. The molecule has 3 aromatic rings. The summed E-state index contributed by atoms with van der Waals surface area (Å²) in [4.78, 5) is 13.6. The van der Waals surface area contributed by atoms with Crippen molar-refractivity contribution in [2.45, 2.75) is 62.2 Å². The summed E-state index contributed by atoms with van der Waals surface area (Å²) in [6.45, 7) is 0. The Kier molecular flexibility index (Phi) is 6.56. The van der Waals surface area contributed by atoms with E-state index in [1.807, 2.05) is 13.2 Å². The first kappa shape index (κ1) is 25.5. The monoisotopic (exact) mass is 545 g/mol. The van der Waals surface area contributed by atoms with Crippen molar-refractivity contribution in [2.75, 3.05) is 5.32 Å². The number of hydrogen-bond acceptors (Lipinski definition) is 9. The van der Waals surface area contributed by atoms with E-state index in [1.54, 1.807) is 29.3 Å². The molecule has 0 saturated heterocycles. The van der Waals surface area contributed by atoms with Crippen molar-refractivity contribution >= 4 is 21.7 Å². The molecule has 202 valence electrons. The second-order valence-electron chi connectivity index (χ2n) is 10.6. The molecule has 4 heterocycles. The van der Waals surface area contributed by atoms with Crippen LogP contribution in [0.3, 0.4) is 0 Å². The lowest BCUT2D eigenvalue weighted by atomic mass is 9.69. The first-order chi connectivity index (χ1) is 18.8. The summed E-state index contributed by atoms with van der Waals surface area (Å²) < 4.78 is 27.8. The van der Waals surface area contributed by atoms with Gasteiger partial charge in [0.15, 0.2) is 5.82 Å². The van der Waals surface area contributed by atoms with Crippen LogP contribution in [0, 0.1) is 17.8 Å². The zero-order valence-corrected chi connectivity index (χ0v) is 22.6. The fraction of sp³-hybridized carbons (Fsp3) is 0.444. The Morgan fingerprint density at radius 2 is 1.90 bits per heavy atom. The van der Waals surface area contributed by atoms with Gasteiger partial charge in [-0.2, -0.15) is 14.3 Å². The minimum atomic E-state index is -3.46. The van der Waals surface area contributed by atoms with E-state index in [0.717, 1.165) is 40.9 Å². The van der Waals surface area contributed by atoms with Crippen molar-refractivity contribution in [3.63, 3.8) is 0 Å². The average Bonchev–Trinajstić information content (AvgIpc) is 3.54. The first-order valence-corrected chi connectivity index (χ1v) is 14.8. The molecule has 2 saturated carbocycles. The van der Waals surface area contributed by atoms with E-state index in [0.29, 0.717) is 48.2 Å². The van der Waals surface area contributed by atoms with Gasteiger partial charge in [0, 0.05) is 37.6 Å². The van der Waals surface area contributed by atoms with Gasteiger partial charge in [0.05, 0.1) is 40.5 Å². The summed E-state index contributed by atoms with van der Waals surface area (Å²) in [7, 11) is -1.59. The molecule has 1 aliphatic heterocycles. The molecule has 0 spiro atoms. The number of nitrogens with two attached hydrogens (primary N) is 1. The molecule has 6 rings (SSSR count). The minimum Gasteiger partial charge on any atom is -0.328 e. The SMILES string of the molecule is Cn1cc(C#CC2=CN=C(Nc3ccnc(-c4cnn(S(=O)(=O)C5CC5)c4)n3)CC2(N)C2CCCCC2)cn1. The summed E-state index contributed by atoms with van der Waals surface area (Å²) in [5.41, 5.74) is 8.71. The lowest BCUT2D eigenvalue weighted by molar-refractivity contribution is 0.245. The number of aliphatic imine (C=N–C) groups is 1. The molecule has 1 unspecified atom stereocenters. The van der Waals surface area contributed by atoms with E-state index in [2.05, 4.69) is 42.3 Å². The molecule has 2 fully saturated rings. The van der Waals surface area contributed by atoms with Crippen LogP contribution < -0.4 is 11.1 Å². The lowest BCUT2D eigenvalue weighted by Crippen LogP contribution is -2.52. The number of amidine groups is 1.